The van der Waals surface area contributed by atoms with Gasteiger partial charge in [-0.1, -0.05) is 6.07 Å². The monoisotopic (exact) mass is 278 g/mol. The van der Waals surface area contributed by atoms with E-state index in [9.17, 15) is 0 Å². The van der Waals surface area contributed by atoms with Crippen LogP contribution < -0.4 is 0 Å². The molecule has 102 valence electrons. The zero-order valence-electron chi connectivity index (χ0n) is 11.0. The van der Waals surface area contributed by atoms with Crippen LogP contribution in [0.1, 0.15) is 5.69 Å². The van der Waals surface area contributed by atoms with E-state index in [2.05, 4.69) is 25.4 Å². The van der Waals surface area contributed by atoms with E-state index < -0.39 is 0 Å². The van der Waals surface area contributed by atoms with E-state index in [1.54, 1.807) is 0 Å². The molecule has 0 radical (unpaired) electrons. The number of imidazole rings is 1. The molecular formula is C14H19ClN4. The average molecular weight is 279 g/mol. The third-order valence-corrected chi connectivity index (χ3v) is 3.83. The van der Waals surface area contributed by atoms with E-state index in [1.807, 2.05) is 24.4 Å². The summed E-state index contributed by atoms with van der Waals surface area (Å²) in [7, 11) is 0. The molecule has 3 rings (SSSR count). The predicted molar refractivity (Wildman–Crippen MR) is 77.6 cm³/mol. The van der Waals surface area contributed by atoms with Gasteiger partial charge in [-0.05, 0) is 12.1 Å². The Morgan fingerprint density at radius 2 is 1.89 bits per heavy atom. The van der Waals surface area contributed by atoms with Crippen molar-refractivity contribution in [1.82, 2.24) is 19.2 Å². The fourth-order valence-electron chi connectivity index (χ4n) is 2.58. The number of halogens is 1. The summed E-state index contributed by atoms with van der Waals surface area (Å²) in [5.41, 5.74) is 2.18. The van der Waals surface area contributed by atoms with Gasteiger partial charge in [0.25, 0.3) is 0 Å². The summed E-state index contributed by atoms with van der Waals surface area (Å²) in [5.74, 6) is 0.729. The van der Waals surface area contributed by atoms with Gasteiger partial charge in [0, 0.05) is 57.5 Å². The summed E-state index contributed by atoms with van der Waals surface area (Å²) in [6.45, 7) is 6.37. The molecule has 1 aliphatic heterocycles. The quantitative estimate of drug-likeness (QED) is 0.796. The van der Waals surface area contributed by atoms with Crippen LogP contribution in [0.25, 0.3) is 5.65 Å². The van der Waals surface area contributed by atoms with Crippen molar-refractivity contribution in [2.75, 3.05) is 38.6 Å². The Morgan fingerprint density at radius 1 is 1.11 bits per heavy atom. The molecule has 0 bridgehead atoms. The molecule has 2 aromatic heterocycles. The summed E-state index contributed by atoms with van der Waals surface area (Å²) >= 11 is 5.78. The van der Waals surface area contributed by atoms with Gasteiger partial charge in [0.15, 0.2) is 0 Å². The van der Waals surface area contributed by atoms with Crippen LogP contribution in [-0.4, -0.2) is 57.8 Å². The highest BCUT2D eigenvalue weighted by atomic mass is 35.5. The third-order valence-electron chi connectivity index (χ3n) is 3.67. The maximum atomic E-state index is 5.78. The lowest BCUT2D eigenvalue weighted by atomic mass is 10.3. The van der Waals surface area contributed by atoms with E-state index in [-0.39, 0.29) is 0 Å². The molecule has 3 heterocycles. The highest BCUT2D eigenvalue weighted by molar-refractivity contribution is 6.18. The van der Waals surface area contributed by atoms with Crippen LogP contribution in [0.4, 0.5) is 0 Å². The third kappa shape index (κ3) is 3.08. The number of nitrogens with zero attached hydrogens (tertiary/aromatic N) is 4. The number of piperazine rings is 1. The first-order valence-corrected chi connectivity index (χ1v) is 7.32. The van der Waals surface area contributed by atoms with Crippen molar-refractivity contribution < 1.29 is 0 Å². The van der Waals surface area contributed by atoms with Gasteiger partial charge in [0.2, 0.25) is 0 Å². The van der Waals surface area contributed by atoms with Crippen LogP contribution in [0.3, 0.4) is 0 Å². The molecule has 1 aliphatic rings. The molecule has 1 fully saturated rings. The number of fused-ring (bicyclic) bond motifs is 1. The zero-order valence-corrected chi connectivity index (χ0v) is 11.8. The highest BCUT2D eigenvalue weighted by Gasteiger charge is 2.17. The highest BCUT2D eigenvalue weighted by Crippen LogP contribution is 2.09. The molecule has 1 saturated heterocycles. The molecule has 0 unspecified atom stereocenters. The molecule has 0 N–H and O–H groups in total. The van der Waals surface area contributed by atoms with Crippen LogP contribution >= 0.6 is 11.6 Å². The first-order valence-electron chi connectivity index (χ1n) is 6.78. The van der Waals surface area contributed by atoms with Crippen molar-refractivity contribution in [3.05, 3.63) is 36.3 Å². The minimum Gasteiger partial charge on any atom is -0.307 e. The standard InChI is InChI=1S/C14H19ClN4/c15-4-6-17-7-9-18(10-8-17)11-13-12-19-5-2-1-3-14(19)16-13/h1-3,5,12H,4,6-11H2. The van der Waals surface area contributed by atoms with E-state index in [0.717, 1.165) is 56.5 Å². The van der Waals surface area contributed by atoms with Gasteiger partial charge < -0.3 is 4.40 Å². The van der Waals surface area contributed by atoms with Crippen LogP contribution in [-0.2, 0) is 6.54 Å². The number of hydrogen-bond acceptors (Lipinski definition) is 3. The second-order valence-electron chi connectivity index (χ2n) is 5.01. The van der Waals surface area contributed by atoms with Crippen LogP contribution in [0.2, 0.25) is 0 Å². The lowest BCUT2D eigenvalue weighted by Crippen LogP contribution is -2.46. The van der Waals surface area contributed by atoms with Crippen molar-refractivity contribution in [3.63, 3.8) is 0 Å². The molecule has 0 aromatic carbocycles. The lowest BCUT2D eigenvalue weighted by molar-refractivity contribution is 0.131. The first-order chi connectivity index (χ1) is 9.35. The Hall–Kier alpha value is -1.10. The summed E-state index contributed by atoms with van der Waals surface area (Å²) in [5, 5.41) is 0. The van der Waals surface area contributed by atoms with E-state index in [1.165, 1.54) is 0 Å². The second-order valence-corrected chi connectivity index (χ2v) is 5.38. The Morgan fingerprint density at radius 3 is 2.63 bits per heavy atom. The minimum absolute atomic E-state index is 0.729. The summed E-state index contributed by atoms with van der Waals surface area (Å²) in [6.07, 6.45) is 4.17. The fourth-order valence-corrected chi connectivity index (χ4v) is 2.82. The first kappa shape index (κ1) is 12.9. The number of aromatic nitrogens is 2. The number of rotatable bonds is 4. The minimum atomic E-state index is 0.729. The smallest absolute Gasteiger partial charge is 0.137 e. The molecular weight excluding hydrogens is 260 g/mol. The maximum absolute atomic E-state index is 5.78. The SMILES string of the molecule is ClCCN1CCN(Cc2cn3ccccc3n2)CC1. The molecule has 5 heteroatoms. The van der Waals surface area contributed by atoms with Gasteiger partial charge >= 0.3 is 0 Å². The number of alkyl halides is 1. The van der Waals surface area contributed by atoms with Crippen molar-refractivity contribution in [2.24, 2.45) is 0 Å². The predicted octanol–water partition coefficient (Wildman–Crippen LogP) is 1.69. The summed E-state index contributed by atoms with van der Waals surface area (Å²) < 4.78 is 2.08. The lowest BCUT2D eigenvalue weighted by Gasteiger charge is -2.33. The Balaban J connectivity index is 1.60. The molecule has 19 heavy (non-hydrogen) atoms. The maximum Gasteiger partial charge on any atom is 0.137 e. The van der Waals surface area contributed by atoms with Gasteiger partial charge in [0.1, 0.15) is 5.65 Å². The van der Waals surface area contributed by atoms with Crippen molar-refractivity contribution in [2.45, 2.75) is 6.54 Å². The average Bonchev–Trinajstić information content (AvgIpc) is 2.83. The Kier molecular flexibility index (Phi) is 4.01. The van der Waals surface area contributed by atoms with Gasteiger partial charge in [-0.15, -0.1) is 11.6 Å². The normalized spacial score (nSPS) is 18.2. The molecule has 0 spiro atoms. The van der Waals surface area contributed by atoms with Crippen LogP contribution in [0.5, 0.6) is 0 Å². The second kappa shape index (κ2) is 5.90. The summed E-state index contributed by atoms with van der Waals surface area (Å²) in [6, 6.07) is 6.10. The van der Waals surface area contributed by atoms with Gasteiger partial charge in [0.05, 0.1) is 5.69 Å². The van der Waals surface area contributed by atoms with Crippen LogP contribution in [0.15, 0.2) is 30.6 Å². The van der Waals surface area contributed by atoms with Crippen molar-refractivity contribution in [3.8, 4) is 0 Å². The van der Waals surface area contributed by atoms with Gasteiger partial charge in [-0.25, -0.2) is 4.98 Å². The molecule has 0 atom stereocenters. The van der Waals surface area contributed by atoms with Crippen molar-refractivity contribution in [1.29, 1.82) is 0 Å². The zero-order chi connectivity index (χ0) is 13.1. The molecule has 0 aliphatic carbocycles. The Labute approximate surface area is 118 Å². The number of hydrogen-bond donors (Lipinski definition) is 0. The van der Waals surface area contributed by atoms with Crippen LogP contribution in [0, 0.1) is 0 Å². The van der Waals surface area contributed by atoms with E-state index in [0.29, 0.717) is 0 Å². The number of pyridine rings is 1. The summed E-state index contributed by atoms with van der Waals surface area (Å²) in [4.78, 5) is 9.54. The largest absolute Gasteiger partial charge is 0.307 e. The Bertz CT molecular complexity index is 498. The van der Waals surface area contributed by atoms with E-state index in [4.69, 9.17) is 11.6 Å². The van der Waals surface area contributed by atoms with Gasteiger partial charge in [-0.2, -0.15) is 0 Å². The van der Waals surface area contributed by atoms with Crippen molar-refractivity contribution >= 4 is 17.2 Å². The molecule has 2 aromatic rings. The molecule has 4 nitrogen and oxygen atoms in total. The molecule has 0 saturated carbocycles. The fraction of sp³-hybridized carbons (Fsp3) is 0.500. The topological polar surface area (TPSA) is 23.8 Å². The molecule has 0 amide bonds. The van der Waals surface area contributed by atoms with Gasteiger partial charge in [-0.3, -0.25) is 9.80 Å². The van der Waals surface area contributed by atoms with E-state index >= 15 is 0 Å².